The SMILES string of the molecule is COC(=O)c1cc(C(=O)OC)c(C(=O)OC)c(C(=O)OC)c1. The van der Waals surface area contributed by atoms with E-state index in [-0.39, 0.29) is 22.3 Å². The van der Waals surface area contributed by atoms with Gasteiger partial charge in [-0.3, -0.25) is 0 Å². The predicted molar refractivity (Wildman–Crippen MR) is 71.8 cm³/mol. The first-order valence-electron chi connectivity index (χ1n) is 5.92. The van der Waals surface area contributed by atoms with Crippen molar-refractivity contribution in [3.8, 4) is 0 Å². The number of methoxy groups -OCH3 is 4. The smallest absolute Gasteiger partial charge is 0.339 e. The van der Waals surface area contributed by atoms with Crippen LogP contribution in [0, 0.1) is 0 Å². The van der Waals surface area contributed by atoms with Gasteiger partial charge in [-0.05, 0) is 12.1 Å². The maximum Gasteiger partial charge on any atom is 0.339 e. The zero-order valence-corrected chi connectivity index (χ0v) is 12.4. The van der Waals surface area contributed by atoms with Gasteiger partial charge in [0.05, 0.1) is 50.7 Å². The van der Waals surface area contributed by atoms with E-state index in [9.17, 15) is 19.2 Å². The number of ether oxygens (including phenoxy) is 4. The number of rotatable bonds is 4. The molecular formula is C14H14O8. The molecule has 22 heavy (non-hydrogen) atoms. The molecule has 0 N–H and O–H groups in total. The van der Waals surface area contributed by atoms with Crippen LogP contribution in [0.3, 0.4) is 0 Å². The van der Waals surface area contributed by atoms with Crippen LogP contribution in [0.2, 0.25) is 0 Å². The molecule has 0 heterocycles. The zero-order valence-electron chi connectivity index (χ0n) is 12.4. The summed E-state index contributed by atoms with van der Waals surface area (Å²) in [5.41, 5.74) is -1.08. The highest BCUT2D eigenvalue weighted by Gasteiger charge is 2.28. The molecule has 0 atom stereocenters. The monoisotopic (exact) mass is 310 g/mol. The van der Waals surface area contributed by atoms with Gasteiger partial charge >= 0.3 is 23.9 Å². The van der Waals surface area contributed by atoms with Crippen LogP contribution in [0.25, 0.3) is 0 Å². The highest BCUT2D eigenvalue weighted by Crippen LogP contribution is 2.22. The first kappa shape index (κ1) is 17.2. The Kier molecular flexibility index (Phi) is 5.62. The van der Waals surface area contributed by atoms with Crippen molar-refractivity contribution >= 4 is 23.9 Å². The number of benzene rings is 1. The summed E-state index contributed by atoms with van der Waals surface area (Å²) in [6, 6.07) is 2.16. The van der Waals surface area contributed by atoms with Gasteiger partial charge in [0.2, 0.25) is 0 Å². The molecule has 0 fully saturated rings. The zero-order chi connectivity index (χ0) is 16.9. The van der Waals surface area contributed by atoms with Crippen LogP contribution in [0.5, 0.6) is 0 Å². The molecule has 0 bridgehead atoms. The van der Waals surface area contributed by atoms with E-state index in [2.05, 4.69) is 18.9 Å². The third-order valence-corrected chi connectivity index (χ3v) is 2.76. The number of carbonyl (C=O) groups is 4. The van der Waals surface area contributed by atoms with Gasteiger partial charge in [-0.1, -0.05) is 0 Å². The molecule has 1 aromatic rings. The van der Waals surface area contributed by atoms with Crippen LogP contribution in [-0.2, 0) is 18.9 Å². The number of hydrogen-bond acceptors (Lipinski definition) is 8. The van der Waals surface area contributed by atoms with Crippen LogP contribution in [-0.4, -0.2) is 52.3 Å². The molecule has 1 aromatic carbocycles. The molecule has 8 heteroatoms. The van der Waals surface area contributed by atoms with Crippen LogP contribution in [0.15, 0.2) is 12.1 Å². The minimum atomic E-state index is -0.947. The first-order chi connectivity index (χ1) is 10.4. The Morgan fingerprint density at radius 2 is 1.00 bits per heavy atom. The fourth-order valence-corrected chi connectivity index (χ4v) is 1.74. The standard InChI is InChI=1S/C14H14O8/c1-19-11(15)7-5-8(12(16)20-2)10(14(18)22-4)9(6-7)13(17)21-3/h5-6H,1-4H3. The molecule has 0 spiro atoms. The van der Waals surface area contributed by atoms with E-state index in [1.807, 2.05) is 0 Å². The molecule has 0 unspecified atom stereocenters. The Balaban J connectivity index is 3.76. The van der Waals surface area contributed by atoms with Crippen molar-refractivity contribution in [3.05, 3.63) is 34.4 Å². The lowest BCUT2D eigenvalue weighted by atomic mass is 9.97. The van der Waals surface area contributed by atoms with E-state index in [1.54, 1.807) is 0 Å². The van der Waals surface area contributed by atoms with Gasteiger partial charge in [-0.25, -0.2) is 19.2 Å². The van der Waals surface area contributed by atoms with Crippen molar-refractivity contribution < 1.29 is 38.1 Å². The predicted octanol–water partition coefficient (Wildman–Crippen LogP) is 0.833. The Morgan fingerprint density at radius 3 is 1.32 bits per heavy atom. The van der Waals surface area contributed by atoms with E-state index in [0.717, 1.165) is 40.6 Å². The molecule has 0 radical (unpaired) electrons. The molecule has 0 amide bonds. The van der Waals surface area contributed by atoms with Crippen LogP contribution in [0.1, 0.15) is 41.4 Å². The second-order valence-corrected chi connectivity index (χ2v) is 3.91. The van der Waals surface area contributed by atoms with E-state index >= 15 is 0 Å². The lowest BCUT2D eigenvalue weighted by molar-refractivity contribution is 0.0533. The van der Waals surface area contributed by atoms with Crippen molar-refractivity contribution in [1.82, 2.24) is 0 Å². The quantitative estimate of drug-likeness (QED) is 0.595. The Labute approximate surface area is 125 Å². The van der Waals surface area contributed by atoms with Crippen molar-refractivity contribution in [2.75, 3.05) is 28.4 Å². The fourth-order valence-electron chi connectivity index (χ4n) is 1.74. The third kappa shape index (κ3) is 3.22. The summed E-state index contributed by atoms with van der Waals surface area (Å²) in [5, 5.41) is 0. The van der Waals surface area contributed by atoms with E-state index in [1.165, 1.54) is 0 Å². The Bertz CT molecular complexity index is 595. The topological polar surface area (TPSA) is 105 Å². The normalized spacial score (nSPS) is 9.64. The second-order valence-electron chi connectivity index (χ2n) is 3.91. The molecule has 0 aliphatic carbocycles. The van der Waals surface area contributed by atoms with Gasteiger partial charge in [0.1, 0.15) is 0 Å². The highest BCUT2D eigenvalue weighted by molar-refractivity contribution is 6.12. The summed E-state index contributed by atoms with van der Waals surface area (Å²) in [6.07, 6.45) is 0. The lowest BCUT2D eigenvalue weighted by Crippen LogP contribution is -2.20. The maximum absolute atomic E-state index is 11.9. The van der Waals surface area contributed by atoms with Crippen LogP contribution < -0.4 is 0 Å². The summed E-state index contributed by atoms with van der Waals surface area (Å²) in [5.74, 6) is -3.59. The molecule has 0 aliphatic heterocycles. The molecule has 1 rings (SSSR count). The fraction of sp³-hybridized carbons (Fsp3) is 0.286. The minimum Gasteiger partial charge on any atom is -0.465 e. The Morgan fingerprint density at radius 1 is 0.636 bits per heavy atom. The number of carbonyl (C=O) groups excluding carboxylic acids is 4. The number of hydrogen-bond donors (Lipinski definition) is 0. The van der Waals surface area contributed by atoms with Gasteiger partial charge in [0, 0.05) is 0 Å². The van der Waals surface area contributed by atoms with Crippen molar-refractivity contribution in [2.24, 2.45) is 0 Å². The molecule has 0 saturated carbocycles. The summed E-state index contributed by atoms with van der Waals surface area (Å²) in [7, 11) is 4.39. The van der Waals surface area contributed by atoms with Crippen molar-refractivity contribution in [3.63, 3.8) is 0 Å². The van der Waals surface area contributed by atoms with Gasteiger partial charge in [-0.15, -0.1) is 0 Å². The average Bonchev–Trinajstić information content (AvgIpc) is 2.57. The lowest BCUT2D eigenvalue weighted by Gasteiger charge is -2.12. The molecule has 0 aromatic heterocycles. The molecule has 0 aliphatic rings. The van der Waals surface area contributed by atoms with E-state index in [0.29, 0.717) is 0 Å². The van der Waals surface area contributed by atoms with Gasteiger partial charge in [-0.2, -0.15) is 0 Å². The summed E-state index contributed by atoms with van der Waals surface area (Å²) in [4.78, 5) is 47.2. The average molecular weight is 310 g/mol. The molecule has 0 saturated heterocycles. The summed E-state index contributed by atoms with van der Waals surface area (Å²) < 4.78 is 18.2. The first-order valence-corrected chi connectivity index (χ1v) is 5.92. The van der Waals surface area contributed by atoms with E-state index < -0.39 is 23.9 Å². The molecule has 8 nitrogen and oxygen atoms in total. The van der Waals surface area contributed by atoms with E-state index in [4.69, 9.17) is 0 Å². The number of esters is 4. The highest BCUT2D eigenvalue weighted by atomic mass is 16.5. The molecule has 118 valence electrons. The van der Waals surface area contributed by atoms with Crippen LogP contribution in [0.4, 0.5) is 0 Å². The second kappa shape index (κ2) is 7.21. The third-order valence-electron chi connectivity index (χ3n) is 2.76. The van der Waals surface area contributed by atoms with Gasteiger partial charge < -0.3 is 18.9 Å². The van der Waals surface area contributed by atoms with Gasteiger partial charge in [0.15, 0.2) is 0 Å². The largest absolute Gasteiger partial charge is 0.465 e. The molecular weight excluding hydrogens is 296 g/mol. The summed E-state index contributed by atoms with van der Waals surface area (Å²) in [6.45, 7) is 0. The van der Waals surface area contributed by atoms with Crippen molar-refractivity contribution in [1.29, 1.82) is 0 Å². The van der Waals surface area contributed by atoms with Crippen LogP contribution >= 0.6 is 0 Å². The maximum atomic E-state index is 11.9. The minimum absolute atomic E-state index is 0.115. The Hall–Kier alpha value is -2.90. The summed E-state index contributed by atoms with van der Waals surface area (Å²) >= 11 is 0. The van der Waals surface area contributed by atoms with Gasteiger partial charge in [0.25, 0.3) is 0 Å². The van der Waals surface area contributed by atoms with Crippen molar-refractivity contribution in [2.45, 2.75) is 0 Å².